The third-order valence-electron chi connectivity index (χ3n) is 1.03. The van der Waals surface area contributed by atoms with Crippen molar-refractivity contribution in [3.05, 3.63) is 11.1 Å². The summed E-state index contributed by atoms with van der Waals surface area (Å²) in [7, 11) is -0.846. The third-order valence-corrected chi connectivity index (χ3v) is 2.43. The first-order chi connectivity index (χ1) is 5.72. The first-order valence-electron chi connectivity index (χ1n) is 3.07. The molecular weight excluding hydrogens is 194 g/mol. The number of rotatable bonds is 3. The third kappa shape index (κ3) is 2.68. The van der Waals surface area contributed by atoms with E-state index in [1.165, 1.54) is 17.7 Å². The Hall–Kier alpha value is -0.790. The highest BCUT2D eigenvalue weighted by atomic mass is 32.2. The van der Waals surface area contributed by atoms with Crippen LogP contribution in [0.15, 0.2) is 10.4 Å². The van der Waals surface area contributed by atoms with Crippen molar-refractivity contribution < 1.29 is 0 Å². The number of hydrogen-bond acceptors (Lipinski definition) is 4. The van der Waals surface area contributed by atoms with Crippen LogP contribution in [0.3, 0.4) is 0 Å². The summed E-state index contributed by atoms with van der Waals surface area (Å²) >= 11 is 1.39. The van der Waals surface area contributed by atoms with Crippen molar-refractivity contribution >= 4 is 33.7 Å². The lowest BCUT2D eigenvalue weighted by molar-refractivity contribution is 1.21. The van der Waals surface area contributed by atoms with E-state index in [1.807, 2.05) is 5.38 Å². The quantitative estimate of drug-likeness (QED) is 0.493. The summed E-state index contributed by atoms with van der Waals surface area (Å²) in [6.45, 7) is 0. The van der Waals surface area contributed by atoms with E-state index in [2.05, 4.69) is 9.98 Å². The average Bonchev–Trinajstić information content (AvgIpc) is 2.36. The van der Waals surface area contributed by atoms with Crippen molar-refractivity contribution in [3.63, 3.8) is 0 Å². The maximum Gasteiger partial charge on any atom is 0.210 e. The fourth-order valence-corrected chi connectivity index (χ4v) is 1.89. The van der Waals surface area contributed by atoms with Gasteiger partial charge in [-0.2, -0.15) is 0 Å². The molecule has 5 N–H and O–H groups in total. The zero-order valence-electron chi connectivity index (χ0n) is 6.23. The molecule has 1 aromatic rings. The Morgan fingerprint density at radius 1 is 1.83 bits per heavy atom. The van der Waals surface area contributed by atoms with Gasteiger partial charge in [0.25, 0.3) is 0 Å². The van der Waals surface area contributed by atoms with Gasteiger partial charge < -0.3 is 5.73 Å². The van der Waals surface area contributed by atoms with Crippen molar-refractivity contribution in [2.24, 2.45) is 15.9 Å². The molecule has 0 aromatic carbocycles. The number of nitrogens with two attached hydrogens (primary N) is 2. The van der Waals surface area contributed by atoms with E-state index in [-0.39, 0.29) is 0 Å². The molecule has 1 unspecified atom stereocenters. The molecule has 0 spiro atoms. The second kappa shape index (κ2) is 4.29. The van der Waals surface area contributed by atoms with E-state index < -0.39 is 10.9 Å². The number of aromatic nitrogens is 1. The first-order valence-corrected chi connectivity index (χ1v) is 5.41. The molecule has 1 aromatic heterocycles. The van der Waals surface area contributed by atoms with Crippen LogP contribution in [0.25, 0.3) is 0 Å². The highest BCUT2D eigenvalue weighted by molar-refractivity contribution is 7.82. The van der Waals surface area contributed by atoms with Crippen molar-refractivity contribution in [1.82, 2.24) is 4.98 Å². The predicted octanol–water partition coefficient (Wildman–Crippen LogP) is 0.516. The molecule has 1 rings (SSSR count). The SMILES string of the molecule is N=S(N)Cc1csc(/N=C/N)n1. The Bertz CT molecular complexity index is 305. The maximum atomic E-state index is 7.13. The minimum atomic E-state index is -0.846. The molecule has 66 valence electrons. The normalized spacial score (nSPS) is 13.8. The van der Waals surface area contributed by atoms with E-state index in [4.69, 9.17) is 15.7 Å². The molecule has 1 atom stereocenters. The Morgan fingerprint density at radius 2 is 2.58 bits per heavy atom. The minimum Gasteiger partial charge on any atom is -0.390 e. The van der Waals surface area contributed by atoms with Crippen molar-refractivity contribution in [3.8, 4) is 0 Å². The van der Waals surface area contributed by atoms with Gasteiger partial charge in [-0.1, -0.05) is 0 Å². The van der Waals surface area contributed by atoms with Gasteiger partial charge in [-0.15, -0.1) is 11.3 Å². The fourth-order valence-electron chi connectivity index (χ4n) is 0.645. The van der Waals surface area contributed by atoms with Gasteiger partial charge in [0.05, 0.1) is 17.8 Å². The summed E-state index contributed by atoms with van der Waals surface area (Å²) in [5, 5.41) is 7.75. The molecule has 0 bridgehead atoms. The standard InChI is InChI=1S/C5H9N5S2/c6-3-9-5-10-4(1-11-5)2-12(7)8/h1,3H,2H2,(H3,7,8)(H2,6,9,10). The number of nitrogens with one attached hydrogen (secondary N) is 1. The van der Waals surface area contributed by atoms with E-state index in [1.54, 1.807) is 0 Å². The summed E-state index contributed by atoms with van der Waals surface area (Å²) in [5.41, 5.74) is 5.89. The largest absolute Gasteiger partial charge is 0.390 e. The number of aliphatic imine (C=N–C) groups is 1. The van der Waals surface area contributed by atoms with Gasteiger partial charge in [-0.25, -0.2) is 9.98 Å². The van der Waals surface area contributed by atoms with Crippen LogP contribution in [0.2, 0.25) is 0 Å². The van der Waals surface area contributed by atoms with Crippen LogP contribution in [0, 0.1) is 4.78 Å². The molecule has 0 amide bonds. The van der Waals surface area contributed by atoms with Crippen molar-refractivity contribution in [1.29, 1.82) is 4.78 Å². The highest BCUT2D eigenvalue weighted by Crippen LogP contribution is 2.18. The zero-order chi connectivity index (χ0) is 8.97. The van der Waals surface area contributed by atoms with Crippen LogP contribution in [0.5, 0.6) is 0 Å². The van der Waals surface area contributed by atoms with Gasteiger partial charge >= 0.3 is 0 Å². The van der Waals surface area contributed by atoms with Gasteiger partial charge in [0.15, 0.2) is 0 Å². The number of hydrogen-bond donors (Lipinski definition) is 3. The Morgan fingerprint density at radius 3 is 3.17 bits per heavy atom. The predicted molar refractivity (Wildman–Crippen MR) is 52.4 cm³/mol. The molecule has 0 fully saturated rings. The smallest absolute Gasteiger partial charge is 0.210 e. The minimum absolute atomic E-state index is 0.483. The Kier molecular flexibility index (Phi) is 3.32. The van der Waals surface area contributed by atoms with E-state index >= 15 is 0 Å². The lowest BCUT2D eigenvalue weighted by atomic mass is 10.6. The molecular formula is C5H9N5S2. The molecule has 0 aliphatic carbocycles. The number of nitrogens with zero attached hydrogens (tertiary/aromatic N) is 2. The zero-order valence-corrected chi connectivity index (χ0v) is 7.86. The number of thiazole rings is 1. The topological polar surface area (TPSA) is 101 Å². The van der Waals surface area contributed by atoms with Gasteiger partial charge in [0, 0.05) is 5.38 Å². The molecule has 0 aliphatic rings. The van der Waals surface area contributed by atoms with Crippen LogP contribution >= 0.6 is 11.3 Å². The second-order valence-electron chi connectivity index (χ2n) is 1.97. The monoisotopic (exact) mass is 203 g/mol. The van der Waals surface area contributed by atoms with Crippen LogP contribution in [0.4, 0.5) is 5.13 Å². The maximum absolute atomic E-state index is 7.13. The average molecular weight is 203 g/mol. The van der Waals surface area contributed by atoms with Crippen LogP contribution < -0.4 is 10.9 Å². The van der Waals surface area contributed by atoms with Crippen LogP contribution in [-0.4, -0.2) is 11.3 Å². The second-order valence-corrected chi connectivity index (χ2v) is 3.96. The van der Waals surface area contributed by atoms with Crippen molar-refractivity contribution in [2.75, 3.05) is 0 Å². The van der Waals surface area contributed by atoms with E-state index in [9.17, 15) is 0 Å². The lowest BCUT2D eigenvalue weighted by Gasteiger charge is -1.91. The van der Waals surface area contributed by atoms with E-state index in [0.29, 0.717) is 10.9 Å². The summed E-state index contributed by atoms with van der Waals surface area (Å²) in [6, 6.07) is 0. The molecule has 7 heteroatoms. The summed E-state index contributed by atoms with van der Waals surface area (Å²) in [6.07, 6.45) is 1.20. The Labute approximate surface area is 76.5 Å². The summed E-state index contributed by atoms with van der Waals surface area (Å²) in [5.74, 6) is 0.483. The van der Waals surface area contributed by atoms with Gasteiger partial charge in [0.1, 0.15) is 0 Å². The van der Waals surface area contributed by atoms with E-state index in [0.717, 1.165) is 5.69 Å². The molecule has 5 nitrogen and oxygen atoms in total. The molecule has 0 saturated heterocycles. The van der Waals surface area contributed by atoms with Gasteiger partial charge in [0.2, 0.25) is 5.13 Å². The molecule has 0 aliphatic heterocycles. The summed E-state index contributed by atoms with van der Waals surface area (Å²) < 4.78 is 7.13. The Balaban J connectivity index is 2.70. The van der Waals surface area contributed by atoms with Crippen LogP contribution in [-0.2, 0) is 16.6 Å². The van der Waals surface area contributed by atoms with Gasteiger partial charge in [-0.05, 0) is 10.9 Å². The fraction of sp³-hybridized carbons (Fsp3) is 0.200. The summed E-state index contributed by atoms with van der Waals surface area (Å²) in [4.78, 5) is 7.88. The molecule has 0 saturated carbocycles. The highest BCUT2D eigenvalue weighted by Gasteiger charge is 1.99. The molecule has 12 heavy (non-hydrogen) atoms. The van der Waals surface area contributed by atoms with Crippen LogP contribution in [0.1, 0.15) is 5.69 Å². The molecule has 1 heterocycles. The van der Waals surface area contributed by atoms with Crippen molar-refractivity contribution in [2.45, 2.75) is 5.75 Å². The van der Waals surface area contributed by atoms with Gasteiger partial charge in [-0.3, -0.25) is 9.92 Å². The first kappa shape index (κ1) is 9.30. The lowest BCUT2D eigenvalue weighted by Crippen LogP contribution is -2.03. The molecule has 0 radical (unpaired) electrons.